The van der Waals surface area contributed by atoms with E-state index in [0.717, 1.165) is 0 Å². The Bertz CT molecular complexity index is 299. The van der Waals surface area contributed by atoms with Gasteiger partial charge in [-0.2, -0.15) is 0 Å². The Labute approximate surface area is 95.6 Å². The van der Waals surface area contributed by atoms with Crippen LogP contribution in [0.25, 0.3) is 0 Å². The van der Waals surface area contributed by atoms with Gasteiger partial charge in [-0.1, -0.05) is 6.08 Å². The van der Waals surface area contributed by atoms with Crippen LogP contribution in [0.2, 0.25) is 0 Å². The molecule has 4 heteroatoms. The molecule has 0 radical (unpaired) electrons. The summed E-state index contributed by atoms with van der Waals surface area (Å²) in [6.45, 7) is 5.34. The lowest BCUT2D eigenvalue weighted by atomic mass is 10.00. The molecular weight excluding hydrogens is 208 g/mol. The van der Waals surface area contributed by atoms with E-state index in [9.17, 15) is 4.79 Å². The third-order valence-corrected chi connectivity index (χ3v) is 2.92. The third kappa shape index (κ3) is 2.70. The van der Waals surface area contributed by atoms with E-state index in [0.29, 0.717) is 26.2 Å². The van der Waals surface area contributed by atoms with Crippen molar-refractivity contribution in [1.29, 1.82) is 0 Å². The van der Waals surface area contributed by atoms with Gasteiger partial charge in [0.15, 0.2) is 5.78 Å². The fraction of sp³-hybridized carbons (Fsp3) is 0.750. The summed E-state index contributed by atoms with van der Waals surface area (Å²) in [6.07, 6.45) is 4.25. The normalized spacial score (nSPS) is 38.9. The summed E-state index contributed by atoms with van der Waals surface area (Å²) in [5.41, 5.74) is -0.333. The molecule has 2 fully saturated rings. The minimum absolute atomic E-state index is 0.0458. The Morgan fingerprint density at radius 3 is 2.94 bits per heavy atom. The van der Waals surface area contributed by atoms with Crippen molar-refractivity contribution in [2.75, 3.05) is 19.8 Å². The quantitative estimate of drug-likeness (QED) is 0.676. The van der Waals surface area contributed by atoms with Crippen molar-refractivity contribution in [3.05, 3.63) is 12.2 Å². The molecule has 0 N–H and O–H groups in total. The molecule has 2 rings (SSSR count). The first kappa shape index (κ1) is 11.8. The number of hydrogen-bond acceptors (Lipinski definition) is 4. The molecular formula is C12H18O4. The molecule has 0 bridgehead atoms. The van der Waals surface area contributed by atoms with Gasteiger partial charge in [-0.15, -0.1) is 0 Å². The second-order valence-electron chi connectivity index (χ2n) is 4.71. The third-order valence-electron chi connectivity index (χ3n) is 2.92. The summed E-state index contributed by atoms with van der Waals surface area (Å²) in [4.78, 5) is 10.8. The number of allylic oxidation sites excluding steroid dienone is 1. The van der Waals surface area contributed by atoms with Crippen molar-refractivity contribution in [1.82, 2.24) is 0 Å². The largest absolute Gasteiger partial charge is 0.376 e. The van der Waals surface area contributed by atoms with Gasteiger partial charge < -0.3 is 14.2 Å². The van der Waals surface area contributed by atoms with Crippen LogP contribution in [0.1, 0.15) is 20.3 Å². The van der Waals surface area contributed by atoms with Crippen LogP contribution in [-0.2, 0) is 19.0 Å². The lowest BCUT2D eigenvalue weighted by Crippen LogP contribution is -2.49. The number of carbonyl (C=O) groups excluding carboxylic acids is 1. The van der Waals surface area contributed by atoms with Crippen molar-refractivity contribution in [2.45, 2.75) is 38.1 Å². The highest BCUT2D eigenvalue weighted by Gasteiger charge is 2.41. The summed E-state index contributed by atoms with van der Waals surface area (Å²) < 4.78 is 17.0. The highest BCUT2D eigenvalue weighted by Crippen LogP contribution is 2.29. The zero-order valence-electron chi connectivity index (χ0n) is 9.77. The first-order valence-corrected chi connectivity index (χ1v) is 5.63. The average Bonchev–Trinajstić information content (AvgIpc) is 2.63. The maximum atomic E-state index is 10.8. The fourth-order valence-corrected chi connectivity index (χ4v) is 2.04. The van der Waals surface area contributed by atoms with Crippen LogP contribution < -0.4 is 0 Å². The lowest BCUT2D eigenvalue weighted by Gasteiger charge is -2.39. The Kier molecular flexibility index (Phi) is 3.42. The number of ketones is 1. The molecule has 2 heterocycles. The van der Waals surface area contributed by atoms with Gasteiger partial charge in [0.1, 0.15) is 12.2 Å². The molecule has 0 aliphatic carbocycles. The zero-order chi connectivity index (χ0) is 11.6. The number of rotatable bonds is 3. The van der Waals surface area contributed by atoms with Gasteiger partial charge in [0.2, 0.25) is 0 Å². The van der Waals surface area contributed by atoms with Crippen molar-refractivity contribution in [2.24, 2.45) is 0 Å². The Balaban J connectivity index is 1.90. The van der Waals surface area contributed by atoms with Gasteiger partial charge in [0, 0.05) is 0 Å². The van der Waals surface area contributed by atoms with Gasteiger partial charge >= 0.3 is 0 Å². The molecule has 2 aliphatic heterocycles. The standard InChI is InChI=1S/C12H18O4/c1-9(13)4-3-5-12(2)8-15-10-6-14-7-11(10)16-12/h3-4,10-11H,5-8H2,1-2H3/b4-3+/t10-,11-,12-/m1/s1. The Hall–Kier alpha value is -0.710. The number of fused-ring (bicyclic) bond motifs is 1. The summed E-state index contributed by atoms with van der Waals surface area (Å²) in [5.74, 6) is 0.0578. The van der Waals surface area contributed by atoms with Gasteiger partial charge in [0.25, 0.3) is 0 Å². The van der Waals surface area contributed by atoms with Crippen LogP contribution in [-0.4, -0.2) is 43.4 Å². The molecule has 2 saturated heterocycles. The van der Waals surface area contributed by atoms with Crippen molar-refractivity contribution in [3.8, 4) is 0 Å². The van der Waals surface area contributed by atoms with Gasteiger partial charge in [0.05, 0.1) is 25.4 Å². The predicted octanol–water partition coefficient (Wildman–Crippen LogP) is 1.09. The number of ether oxygens (including phenoxy) is 3. The Morgan fingerprint density at radius 2 is 2.19 bits per heavy atom. The summed E-state index contributed by atoms with van der Waals surface area (Å²) in [6, 6.07) is 0. The Morgan fingerprint density at radius 1 is 1.44 bits per heavy atom. The molecule has 0 aromatic carbocycles. The van der Waals surface area contributed by atoms with E-state index in [1.54, 1.807) is 6.08 Å². The van der Waals surface area contributed by atoms with Crippen molar-refractivity contribution >= 4 is 5.78 Å². The second kappa shape index (κ2) is 4.65. The van der Waals surface area contributed by atoms with E-state index in [1.165, 1.54) is 6.92 Å². The average molecular weight is 226 g/mol. The molecule has 90 valence electrons. The minimum atomic E-state index is -0.333. The predicted molar refractivity (Wildman–Crippen MR) is 58.3 cm³/mol. The van der Waals surface area contributed by atoms with Crippen LogP contribution in [0, 0.1) is 0 Å². The first-order valence-electron chi connectivity index (χ1n) is 5.63. The summed E-state index contributed by atoms with van der Waals surface area (Å²) in [7, 11) is 0. The van der Waals surface area contributed by atoms with Crippen molar-refractivity contribution in [3.63, 3.8) is 0 Å². The molecule has 0 aromatic rings. The first-order chi connectivity index (χ1) is 7.59. The molecule has 0 amide bonds. The molecule has 0 spiro atoms. The SMILES string of the molecule is CC(=O)/C=C/C[C@]1(C)CO[C@@H]2COC[C@H]2O1. The smallest absolute Gasteiger partial charge is 0.152 e. The maximum absolute atomic E-state index is 10.8. The van der Waals surface area contributed by atoms with E-state index < -0.39 is 0 Å². The highest BCUT2D eigenvalue weighted by molar-refractivity contribution is 5.87. The topological polar surface area (TPSA) is 44.8 Å². The van der Waals surface area contributed by atoms with Crippen LogP contribution >= 0.6 is 0 Å². The molecule has 0 saturated carbocycles. The van der Waals surface area contributed by atoms with Crippen molar-refractivity contribution < 1.29 is 19.0 Å². The monoisotopic (exact) mass is 226 g/mol. The van der Waals surface area contributed by atoms with Gasteiger partial charge in [-0.25, -0.2) is 0 Å². The fourth-order valence-electron chi connectivity index (χ4n) is 2.04. The van der Waals surface area contributed by atoms with E-state index >= 15 is 0 Å². The molecule has 3 atom stereocenters. The van der Waals surface area contributed by atoms with E-state index in [-0.39, 0.29) is 23.6 Å². The highest BCUT2D eigenvalue weighted by atomic mass is 16.6. The van der Waals surface area contributed by atoms with Crippen LogP contribution in [0.15, 0.2) is 12.2 Å². The number of carbonyl (C=O) groups is 1. The van der Waals surface area contributed by atoms with E-state index in [4.69, 9.17) is 14.2 Å². The van der Waals surface area contributed by atoms with Gasteiger partial charge in [-0.3, -0.25) is 4.79 Å². The lowest BCUT2D eigenvalue weighted by molar-refractivity contribution is -0.207. The summed E-state index contributed by atoms with van der Waals surface area (Å²) in [5, 5.41) is 0. The number of hydrogen-bond donors (Lipinski definition) is 0. The molecule has 0 unspecified atom stereocenters. The van der Waals surface area contributed by atoms with E-state index in [2.05, 4.69) is 0 Å². The van der Waals surface area contributed by atoms with Crippen LogP contribution in [0.3, 0.4) is 0 Å². The van der Waals surface area contributed by atoms with Crippen LogP contribution in [0.5, 0.6) is 0 Å². The maximum Gasteiger partial charge on any atom is 0.152 e. The molecule has 4 nitrogen and oxygen atoms in total. The molecule has 16 heavy (non-hydrogen) atoms. The van der Waals surface area contributed by atoms with E-state index in [1.807, 2.05) is 13.0 Å². The zero-order valence-corrected chi connectivity index (χ0v) is 9.77. The molecule has 0 aromatic heterocycles. The summed E-state index contributed by atoms with van der Waals surface area (Å²) >= 11 is 0. The second-order valence-corrected chi connectivity index (χ2v) is 4.71. The van der Waals surface area contributed by atoms with Crippen LogP contribution in [0.4, 0.5) is 0 Å². The minimum Gasteiger partial charge on any atom is -0.376 e. The molecule has 2 aliphatic rings. The van der Waals surface area contributed by atoms with Gasteiger partial charge in [-0.05, 0) is 26.3 Å².